The van der Waals surface area contributed by atoms with E-state index in [0.717, 1.165) is 5.92 Å². The van der Waals surface area contributed by atoms with Crippen LogP contribution < -0.4 is 5.32 Å². The van der Waals surface area contributed by atoms with Gasteiger partial charge in [-0.25, -0.2) is 0 Å². The van der Waals surface area contributed by atoms with E-state index in [1.165, 1.54) is 42.9 Å². The summed E-state index contributed by atoms with van der Waals surface area (Å²) in [5, 5.41) is 3.75. The minimum atomic E-state index is 0.533. The summed E-state index contributed by atoms with van der Waals surface area (Å²) in [5.74, 6) is 3.61. The summed E-state index contributed by atoms with van der Waals surface area (Å²) in [6, 6.07) is 11.4. The molecule has 1 nitrogen and oxygen atoms in total. The Balaban J connectivity index is 1.83. The second-order valence-corrected chi connectivity index (χ2v) is 6.06. The van der Waals surface area contributed by atoms with E-state index in [0.29, 0.717) is 6.04 Å². The molecule has 1 N–H and O–H groups in total. The lowest BCUT2D eigenvalue weighted by atomic mass is 10.00. The van der Waals surface area contributed by atoms with Gasteiger partial charge in [0.25, 0.3) is 0 Å². The van der Waals surface area contributed by atoms with Gasteiger partial charge in [0.2, 0.25) is 0 Å². The predicted octanol–water partition coefficient (Wildman–Crippen LogP) is 3.87. The lowest BCUT2D eigenvalue weighted by molar-refractivity contribution is 0.405. The first kappa shape index (κ1) is 13.0. The average molecular weight is 249 g/mol. The van der Waals surface area contributed by atoms with Crippen LogP contribution in [0.4, 0.5) is 0 Å². The maximum atomic E-state index is 3.75. The molecule has 0 saturated carbocycles. The van der Waals surface area contributed by atoms with Crippen molar-refractivity contribution in [2.75, 3.05) is 18.1 Å². The van der Waals surface area contributed by atoms with E-state index in [4.69, 9.17) is 0 Å². The molecule has 1 aliphatic heterocycles. The van der Waals surface area contributed by atoms with Crippen LogP contribution in [0.5, 0.6) is 0 Å². The molecule has 2 heteroatoms. The first-order valence-corrected chi connectivity index (χ1v) is 7.91. The Morgan fingerprint density at radius 2 is 1.94 bits per heavy atom. The topological polar surface area (TPSA) is 12.0 Å². The van der Waals surface area contributed by atoms with Crippen LogP contribution in [0.15, 0.2) is 30.3 Å². The largest absolute Gasteiger partial charge is 0.310 e. The van der Waals surface area contributed by atoms with Gasteiger partial charge >= 0.3 is 0 Å². The van der Waals surface area contributed by atoms with Gasteiger partial charge in [0.15, 0.2) is 0 Å². The summed E-state index contributed by atoms with van der Waals surface area (Å²) >= 11 is 2.11. The van der Waals surface area contributed by atoms with Gasteiger partial charge in [0.1, 0.15) is 0 Å². The third-order valence-corrected chi connectivity index (χ3v) is 4.65. The van der Waals surface area contributed by atoms with Crippen molar-refractivity contribution < 1.29 is 0 Å². The average Bonchev–Trinajstić information content (AvgIpc) is 2.42. The van der Waals surface area contributed by atoms with Crippen molar-refractivity contribution in [1.29, 1.82) is 0 Å². The van der Waals surface area contributed by atoms with Crippen LogP contribution >= 0.6 is 11.8 Å². The monoisotopic (exact) mass is 249 g/mol. The van der Waals surface area contributed by atoms with Crippen molar-refractivity contribution in [2.45, 2.75) is 32.2 Å². The standard InChI is InChI=1S/C15H23NS/c1-2-15(14-6-4-3-5-7-14)16-12-13-8-10-17-11-9-13/h3-7,13,15-16H,2,8-12H2,1H3. The summed E-state index contributed by atoms with van der Waals surface area (Å²) in [5.41, 5.74) is 1.43. The van der Waals surface area contributed by atoms with Crippen molar-refractivity contribution in [3.8, 4) is 0 Å². The molecule has 0 aromatic heterocycles. The van der Waals surface area contributed by atoms with Crippen LogP contribution in [0, 0.1) is 5.92 Å². The molecular weight excluding hydrogens is 226 g/mol. The van der Waals surface area contributed by atoms with Crippen molar-refractivity contribution in [2.24, 2.45) is 5.92 Å². The molecule has 0 aliphatic carbocycles. The summed E-state index contributed by atoms with van der Waals surface area (Å²) in [7, 11) is 0. The molecule has 1 heterocycles. The van der Waals surface area contributed by atoms with Crippen molar-refractivity contribution in [1.82, 2.24) is 5.32 Å². The highest BCUT2D eigenvalue weighted by Crippen LogP contribution is 2.23. The van der Waals surface area contributed by atoms with E-state index in [-0.39, 0.29) is 0 Å². The maximum Gasteiger partial charge on any atom is 0.0317 e. The molecule has 0 spiro atoms. The van der Waals surface area contributed by atoms with E-state index < -0.39 is 0 Å². The van der Waals surface area contributed by atoms with Crippen molar-refractivity contribution in [3.63, 3.8) is 0 Å². The van der Waals surface area contributed by atoms with E-state index >= 15 is 0 Å². The van der Waals surface area contributed by atoms with Gasteiger partial charge in [0.05, 0.1) is 0 Å². The van der Waals surface area contributed by atoms with Gasteiger partial charge in [-0.15, -0.1) is 0 Å². The number of thioether (sulfide) groups is 1. The van der Waals surface area contributed by atoms with Crippen molar-refractivity contribution >= 4 is 11.8 Å². The van der Waals surface area contributed by atoms with Crippen LogP contribution in [0.2, 0.25) is 0 Å². The highest BCUT2D eigenvalue weighted by molar-refractivity contribution is 7.99. The smallest absolute Gasteiger partial charge is 0.0317 e. The Labute approximate surface area is 109 Å². The third-order valence-electron chi connectivity index (χ3n) is 3.60. The number of hydrogen-bond donors (Lipinski definition) is 1. The summed E-state index contributed by atoms with van der Waals surface area (Å²) in [4.78, 5) is 0. The first-order chi connectivity index (χ1) is 8.40. The van der Waals surface area contributed by atoms with E-state index in [1.807, 2.05) is 0 Å². The van der Waals surface area contributed by atoms with E-state index in [2.05, 4.69) is 54.3 Å². The number of benzene rings is 1. The minimum Gasteiger partial charge on any atom is -0.310 e. The Hall–Kier alpha value is -0.470. The van der Waals surface area contributed by atoms with Crippen LogP contribution in [-0.4, -0.2) is 18.1 Å². The number of hydrogen-bond acceptors (Lipinski definition) is 2. The fourth-order valence-electron chi connectivity index (χ4n) is 2.44. The molecule has 1 atom stereocenters. The lowest BCUT2D eigenvalue weighted by Crippen LogP contribution is -2.29. The van der Waals surface area contributed by atoms with Gasteiger partial charge in [-0.1, -0.05) is 37.3 Å². The summed E-state index contributed by atoms with van der Waals surface area (Å²) in [6.45, 7) is 3.45. The minimum absolute atomic E-state index is 0.533. The first-order valence-electron chi connectivity index (χ1n) is 6.76. The molecule has 94 valence electrons. The highest BCUT2D eigenvalue weighted by Gasteiger charge is 2.15. The fourth-order valence-corrected chi connectivity index (χ4v) is 3.65. The Morgan fingerprint density at radius 3 is 2.59 bits per heavy atom. The van der Waals surface area contributed by atoms with Crippen LogP contribution in [-0.2, 0) is 0 Å². The molecule has 0 bridgehead atoms. The zero-order valence-corrected chi connectivity index (χ0v) is 11.5. The van der Waals surface area contributed by atoms with Gasteiger partial charge in [0, 0.05) is 6.04 Å². The normalized spacial score (nSPS) is 19.1. The Kier molecular flexibility index (Phi) is 5.40. The molecule has 17 heavy (non-hydrogen) atoms. The molecule has 1 unspecified atom stereocenters. The van der Waals surface area contributed by atoms with Gasteiger partial charge < -0.3 is 5.32 Å². The van der Waals surface area contributed by atoms with Crippen molar-refractivity contribution in [3.05, 3.63) is 35.9 Å². The Bertz CT molecular complexity index is 306. The third kappa shape index (κ3) is 4.04. The second kappa shape index (κ2) is 7.07. The molecule has 0 radical (unpaired) electrons. The van der Waals surface area contributed by atoms with Crippen LogP contribution in [0.25, 0.3) is 0 Å². The quantitative estimate of drug-likeness (QED) is 0.850. The molecule has 1 aromatic rings. The summed E-state index contributed by atoms with van der Waals surface area (Å²) in [6.07, 6.45) is 3.96. The van der Waals surface area contributed by atoms with Crippen LogP contribution in [0.3, 0.4) is 0 Å². The van der Waals surface area contributed by atoms with Gasteiger partial charge in [-0.05, 0) is 48.8 Å². The summed E-state index contributed by atoms with van der Waals surface area (Å²) < 4.78 is 0. The highest BCUT2D eigenvalue weighted by atomic mass is 32.2. The molecule has 0 amide bonds. The van der Waals surface area contributed by atoms with E-state index in [9.17, 15) is 0 Å². The lowest BCUT2D eigenvalue weighted by Gasteiger charge is -2.25. The maximum absolute atomic E-state index is 3.75. The molecular formula is C15H23NS. The molecule has 1 saturated heterocycles. The molecule has 1 fully saturated rings. The SMILES string of the molecule is CCC(NCC1CCSCC1)c1ccccc1. The predicted molar refractivity (Wildman–Crippen MR) is 77.5 cm³/mol. The number of rotatable bonds is 5. The zero-order valence-electron chi connectivity index (χ0n) is 10.7. The fraction of sp³-hybridized carbons (Fsp3) is 0.600. The number of nitrogens with one attached hydrogen (secondary N) is 1. The van der Waals surface area contributed by atoms with Gasteiger partial charge in [-0.2, -0.15) is 11.8 Å². The molecule has 1 aromatic carbocycles. The zero-order chi connectivity index (χ0) is 11.9. The van der Waals surface area contributed by atoms with Crippen LogP contribution in [0.1, 0.15) is 37.8 Å². The van der Waals surface area contributed by atoms with E-state index in [1.54, 1.807) is 0 Å². The molecule has 1 aliphatic rings. The second-order valence-electron chi connectivity index (χ2n) is 4.84. The molecule has 2 rings (SSSR count). The van der Waals surface area contributed by atoms with Gasteiger partial charge in [-0.3, -0.25) is 0 Å². The Morgan fingerprint density at radius 1 is 1.24 bits per heavy atom.